The summed E-state index contributed by atoms with van der Waals surface area (Å²) in [6.45, 7) is 2.76. The minimum Gasteiger partial charge on any atom is -0.356 e. The number of methoxy groups -OCH3 is 2. The van der Waals surface area contributed by atoms with Gasteiger partial charge in [-0.2, -0.15) is 0 Å². The molecule has 0 rings (SSSR count). The lowest BCUT2D eigenvalue weighted by molar-refractivity contribution is -0.112. The van der Waals surface area contributed by atoms with E-state index in [1.165, 1.54) is 0 Å². The maximum Gasteiger partial charge on any atom is 0.157 e. The van der Waals surface area contributed by atoms with Crippen molar-refractivity contribution in [1.29, 1.82) is 0 Å². The molecule has 0 aliphatic rings. The maximum absolute atomic E-state index is 5.42. The standard InChI is InChI=1S/C7H17NO2/c1-6(5-8)4-7(9-2)10-3/h6-7H,4-5,8H2,1-3H3. The molecule has 0 aliphatic carbocycles. The zero-order valence-corrected chi connectivity index (χ0v) is 6.96. The normalized spacial score (nSPS) is 14.1. The monoisotopic (exact) mass is 147 g/mol. The Morgan fingerprint density at radius 2 is 1.80 bits per heavy atom. The molecule has 1 atom stereocenters. The van der Waals surface area contributed by atoms with Gasteiger partial charge in [-0.15, -0.1) is 0 Å². The first-order valence-electron chi connectivity index (χ1n) is 3.50. The summed E-state index contributed by atoms with van der Waals surface area (Å²) in [6.07, 6.45) is 0.766. The van der Waals surface area contributed by atoms with Crippen LogP contribution in [0.5, 0.6) is 0 Å². The molecule has 0 aromatic rings. The molecule has 0 radical (unpaired) electrons. The van der Waals surface area contributed by atoms with Crippen LogP contribution in [0.25, 0.3) is 0 Å². The minimum atomic E-state index is -0.0986. The first-order valence-corrected chi connectivity index (χ1v) is 3.50. The summed E-state index contributed by atoms with van der Waals surface area (Å²) >= 11 is 0. The van der Waals surface area contributed by atoms with Crippen molar-refractivity contribution in [1.82, 2.24) is 0 Å². The minimum absolute atomic E-state index is 0.0986. The summed E-state index contributed by atoms with van der Waals surface area (Å²) in [5.41, 5.74) is 5.42. The second-order valence-electron chi connectivity index (χ2n) is 2.48. The van der Waals surface area contributed by atoms with Crippen molar-refractivity contribution in [2.24, 2.45) is 11.7 Å². The Balaban J connectivity index is 3.41. The molecule has 3 nitrogen and oxygen atoms in total. The lowest BCUT2D eigenvalue weighted by Gasteiger charge is -2.16. The number of ether oxygens (including phenoxy) is 2. The van der Waals surface area contributed by atoms with Crippen molar-refractivity contribution in [3.8, 4) is 0 Å². The van der Waals surface area contributed by atoms with Crippen LogP contribution in [0.1, 0.15) is 13.3 Å². The van der Waals surface area contributed by atoms with E-state index in [2.05, 4.69) is 6.92 Å². The topological polar surface area (TPSA) is 44.5 Å². The number of rotatable bonds is 5. The van der Waals surface area contributed by atoms with Crippen LogP contribution in [0.15, 0.2) is 0 Å². The van der Waals surface area contributed by atoms with E-state index in [0.717, 1.165) is 6.42 Å². The van der Waals surface area contributed by atoms with Crippen LogP contribution in [0.4, 0.5) is 0 Å². The Hall–Kier alpha value is -0.120. The van der Waals surface area contributed by atoms with Gasteiger partial charge in [0.2, 0.25) is 0 Å². The SMILES string of the molecule is COC(CC(C)CN)OC. The average molecular weight is 147 g/mol. The van der Waals surface area contributed by atoms with E-state index in [9.17, 15) is 0 Å². The molecule has 0 fully saturated rings. The predicted molar refractivity (Wildman–Crippen MR) is 40.6 cm³/mol. The quantitative estimate of drug-likeness (QED) is 0.579. The molecule has 0 spiro atoms. The largest absolute Gasteiger partial charge is 0.356 e. The third kappa shape index (κ3) is 3.82. The summed E-state index contributed by atoms with van der Waals surface area (Å²) in [5, 5.41) is 0. The maximum atomic E-state index is 5.42. The molecule has 1 unspecified atom stereocenters. The zero-order chi connectivity index (χ0) is 7.98. The van der Waals surface area contributed by atoms with Gasteiger partial charge in [0.15, 0.2) is 6.29 Å². The van der Waals surface area contributed by atoms with Crippen molar-refractivity contribution < 1.29 is 9.47 Å². The van der Waals surface area contributed by atoms with E-state index in [1.807, 2.05) is 0 Å². The molecule has 3 heteroatoms. The fourth-order valence-electron chi connectivity index (χ4n) is 0.713. The van der Waals surface area contributed by atoms with Crippen molar-refractivity contribution in [2.75, 3.05) is 20.8 Å². The third-order valence-electron chi connectivity index (χ3n) is 1.52. The second-order valence-corrected chi connectivity index (χ2v) is 2.48. The van der Waals surface area contributed by atoms with Crippen LogP contribution in [0, 0.1) is 5.92 Å². The molecule has 0 aromatic carbocycles. The lowest BCUT2D eigenvalue weighted by atomic mass is 10.1. The van der Waals surface area contributed by atoms with Crippen LogP contribution in [-0.4, -0.2) is 27.1 Å². The first-order chi connectivity index (χ1) is 4.74. The molecule has 0 heterocycles. The van der Waals surface area contributed by atoms with Crippen LogP contribution < -0.4 is 5.73 Å². The van der Waals surface area contributed by atoms with Gasteiger partial charge in [-0.25, -0.2) is 0 Å². The molecule has 0 bridgehead atoms. The van der Waals surface area contributed by atoms with Gasteiger partial charge < -0.3 is 15.2 Å². The van der Waals surface area contributed by atoms with Gasteiger partial charge in [0.05, 0.1) is 0 Å². The summed E-state index contributed by atoms with van der Waals surface area (Å²) in [7, 11) is 3.27. The smallest absolute Gasteiger partial charge is 0.157 e. The molecule has 0 saturated heterocycles. The highest BCUT2D eigenvalue weighted by Gasteiger charge is 2.08. The molecule has 0 saturated carbocycles. The highest BCUT2D eigenvalue weighted by Crippen LogP contribution is 2.06. The van der Waals surface area contributed by atoms with E-state index >= 15 is 0 Å². The Kier molecular flexibility index (Phi) is 5.58. The lowest BCUT2D eigenvalue weighted by Crippen LogP contribution is -2.21. The summed E-state index contributed by atoms with van der Waals surface area (Å²) in [6, 6.07) is 0. The summed E-state index contributed by atoms with van der Waals surface area (Å²) in [5.74, 6) is 0.463. The molecular weight excluding hydrogens is 130 g/mol. The average Bonchev–Trinajstić information content (AvgIpc) is 1.99. The molecular formula is C7H17NO2. The van der Waals surface area contributed by atoms with E-state index < -0.39 is 0 Å². The molecule has 10 heavy (non-hydrogen) atoms. The van der Waals surface area contributed by atoms with Gasteiger partial charge in [0.25, 0.3) is 0 Å². The number of nitrogens with two attached hydrogens (primary N) is 1. The van der Waals surface area contributed by atoms with Crippen molar-refractivity contribution in [3.63, 3.8) is 0 Å². The Morgan fingerprint density at radius 3 is 2.10 bits per heavy atom. The highest BCUT2D eigenvalue weighted by atomic mass is 16.7. The fourth-order valence-corrected chi connectivity index (χ4v) is 0.713. The van der Waals surface area contributed by atoms with Gasteiger partial charge in [-0.3, -0.25) is 0 Å². The van der Waals surface area contributed by atoms with Crippen LogP contribution in [0.2, 0.25) is 0 Å². The van der Waals surface area contributed by atoms with Crippen LogP contribution in [-0.2, 0) is 9.47 Å². The van der Waals surface area contributed by atoms with E-state index in [1.54, 1.807) is 14.2 Å². The Labute approximate surface area is 62.5 Å². The van der Waals surface area contributed by atoms with Crippen LogP contribution >= 0.6 is 0 Å². The number of hydrogen-bond donors (Lipinski definition) is 1. The van der Waals surface area contributed by atoms with E-state index in [0.29, 0.717) is 12.5 Å². The van der Waals surface area contributed by atoms with Gasteiger partial charge in [0.1, 0.15) is 0 Å². The molecule has 0 aliphatic heterocycles. The van der Waals surface area contributed by atoms with Crippen LogP contribution in [0.3, 0.4) is 0 Å². The third-order valence-corrected chi connectivity index (χ3v) is 1.52. The van der Waals surface area contributed by atoms with Crippen molar-refractivity contribution in [3.05, 3.63) is 0 Å². The predicted octanol–water partition coefficient (Wildman–Crippen LogP) is 0.590. The van der Waals surface area contributed by atoms with Gasteiger partial charge in [-0.1, -0.05) is 6.92 Å². The van der Waals surface area contributed by atoms with Crippen molar-refractivity contribution in [2.45, 2.75) is 19.6 Å². The van der Waals surface area contributed by atoms with Gasteiger partial charge in [-0.05, 0) is 12.5 Å². The second kappa shape index (κ2) is 5.65. The van der Waals surface area contributed by atoms with Gasteiger partial charge in [0, 0.05) is 20.6 Å². The fraction of sp³-hybridized carbons (Fsp3) is 1.00. The summed E-state index contributed by atoms with van der Waals surface area (Å²) in [4.78, 5) is 0. The molecule has 0 amide bonds. The number of hydrogen-bond acceptors (Lipinski definition) is 3. The molecule has 62 valence electrons. The van der Waals surface area contributed by atoms with Crippen molar-refractivity contribution >= 4 is 0 Å². The molecule has 2 N–H and O–H groups in total. The van der Waals surface area contributed by atoms with E-state index in [-0.39, 0.29) is 6.29 Å². The first kappa shape index (κ1) is 9.88. The highest BCUT2D eigenvalue weighted by molar-refractivity contribution is 4.54. The van der Waals surface area contributed by atoms with Gasteiger partial charge >= 0.3 is 0 Å². The van der Waals surface area contributed by atoms with E-state index in [4.69, 9.17) is 15.2 Å². The Morgan fingerprint density at radius 1 is 1.30 bits per heavy atom. The molecule has 0 aromatic heterocycles. The summed E-state index contributed by atoms with van der Waals surface area (Å²) < 4.78 is 9.99. The zero-order valence-electron chi connectivity index (χ0n) is 6.96. The Bertz CT molecular complexity index is 74.0.